The molecule has 1 atom stereocenters. The Kier molecular flexibility index (Phi) is 4.46. The number of carbonyl (C=O) groups is 1. The highest BCUT2D eigenvalue weighted by atomic mass is 16.5. The molecule has 0 spiro atoms. The summed E-state index contributed by atoms with van der Waals surface area (Å²) in [6.45, 7) is 5.93. The summed E-state index contributed by atoms with van der Waals surface area (Å²) in [5.41, 5.74) is 0. The van der Waals surface area contributed by atoms with Gasteiger partial charge in [-0.25, -0.2) is 0 Å². The zero-order valence-electron chi connectivity index (χ0n) is 11.0. The maximum atomic E-state index is 11.6. The predicted molar refractivity (Wildman–Crippen MR) is 71.8 cm³/mol. The van der Waals surface area contributed by atoms with Crippen molar-refractivity contribution in [3.05, 3.63) is 31.0 Å². The Morgan fingerprint density at radius 1 is 1.74 bits per heavy atom. The first kappa shape index (κ1) is 13.5. The highest BCUT2D eigenvalue weighted by Gasteiger charge is 2.24. The summed E-state index contributed by atoms with van der Waals surface area (Å²) in [5, 5.41) is 7.88. The highest BCUT2D eigenvalue weighted by Crippen LogP contribution is 2.11. The van der Waals surface area contributed by atoms with Crippen LogP contribution in [0, 0.1) is 0 Å². The molecule has 102 valence electrons. The van der Waals surface area contributed by atoms with Crippen molar-refractivity contribution < 1.29 is 9.53 Å². The molecule has 6 nitrogen and oxygen atoms in total. The summed E-state index contributed by atoms with van der Waals surface area (Å²) >= 11 is 0. The lowest BCUT2D eigenvalue weighted by molar-refractivity contribution is -0.133. The number of aromatic nitrogens is 2. The normalized spacial score (nSPS) is 19.0. The highest BCUT2D eigenvalue weighted by molar-refractivity contribution is 5.87. The van der Waals surface area contributed by atoms with Crippen molar-refractivity contribution in [3.63, 3.8) is 0 Å². The Hall–Kier alpha value is -1.95. The first-order chi connectivity index (χ1) is 9.20. The number of nitrogens with zero attached hydrogens (tertiary/aromatic N) is 4. The minimum atomic E-state index is -0.0459. The van der Waals surface area contributed by atoms with E-state index in [1.54, 1.807) is 11.1 Å². The van der Waals surface area contributed by atoms with E-state index in [4.69, 9.17) is 4.74 Å². The fourth-order valence-electron chi connectivity index (χ4n) is 2.06. The molecule has 0 aromatic carbocycles. The molecule has 1 aromatic heterocycles. The van der Waals surface area contributed by atoms with Crippen LogP contribution in [0.1, 0.15) is 0 Å². The van der Waals surface area contributed by atoms with Gasteiger partial charge in [0, 0.05) is 32.9 Å². The summed E-state index contributed by atoms with van der Waals surface area (Å²) in [6.07, 6.45) is 2.96. The van der Waals surface area contributed by atoms with Crippen LogP contribution < -0.4 is 4.90 Å². The van der Waals surface area contributed by atoms with Gasteiger partial charge in [-0.1, -0.05) is 6.58 Å². The van der Waals surface area contributed by atoms with Crippen molar-refractivity contribution in [3.8, 4) is 0 Å². The lowest BCUT2D eigenvalue weighted by Gasteiger charge is -2.34. The minimum Gasteiger partial charge on any atom is -0.373 e. The molecule has 2 heterocycles. The van der Waals surface area contributed by atoms with Gasteiger partial charge < -0.3 is 14.5 Å². The third-order valence-electron chi connectivity index (χ3n) is 3.05. The third kappa shape index (κ3) is 3.51. The SMILES string of the molecule is C=CC(=O)N1CCOC(CN(C)c2cccnn2)C1. The summed E-state index contributed by atoms with van der Waals surface area (Å²) in [6, 6.07) is 3.73. The van der Waals surface area contributed by atoms with Crippen molar-refractivity contribution >= 4 is 11.7 Å². The first-order valence-electron chi connectivity index (χ1n) is 6.22. The lowest BCUT2D eigenvalue weighted by atomic mass is 10.2. The van der Waals surface area contributed by atoms with Crippen LogP contribution in [0.3, 0.4) is 0 Å². The Balaban J connectivity index is 1.92. The fourth-order valence-corrected chi connectivity index (χ4v) is 2.06. The molecule has 6 heteroatoms. The Bertz CT molecular complexity index is 438. The second-order valence-corrected chi connectivity index (χ2v) is 4.44. The number of ether oxygens (including phenoxy) is 1. The monoisotopic (exact) mass is 262 g/mol. The minimum absolute atomic E-state index is 0.0235. The van der Waals surface area contributed by atoms with E-state index in [-0.39, 0.29) is 12.0 Å². The number of anilines is 1. The number of hydrogen-bond acceptors (Lipinski definition) is 5. The van der Waals surface area contributed by atoms with Crippen LogP contribution in [-0.2, 0) is 9.53 Å². The van der Waals surface area contributed by atoms with E-state index in [9.17, 15) is 4.79 Å². The van der Waals surface area contributed by atoms with Crippen LogP contribution in [0.4, 0.5) is 5.82 Å². The number of hydrogen-bond donors (Lipinski definition) is 0. The first-order valence-corrected chi connectivity index (χ1v) is 6.22. The van der Waals surface area contributed by atoms with E-state index < -0.39 is 0 Å². The summed E-state index contributed by atoms with van der Waals surface area (Å²) in [7, 11) is 1.93. The molecule has 0 aliphatic carbocycles. The molecular formula is C13H18N4O2. The van der Waals surface area contributed by atoms with E-state index >= 15 is 0 Å². The van der Waals surface area contributed by atoms with Crippen LogP contribution in [0.2, 0.25) is 0 Å². The van der Waals surface area contributed by atoms with E-state index in [0.717, 1.165) is 5.82 Å². The van der Waals surface area contributed by atoms with Crippen LogP contribution in [-0.4, -0.2) is 60.4 Å². The van der Waals surface area contributed by atoms with Crippen LogP contribution >= 0.6 is 0 Å². The van der Waals surface area contributed by atoms with Crippen molar-refractivity contribution in [1.82, 2.24) is 15.1 Å². The largest absolute Gasteiger partial charge is 0.373 e. The van der Waals surface area contributed by atoms with Crippen molar-refractivity contribution in [1.29, 1.82) is 0 Å². The van der Waals surface area contributed by atoms with Gasteiger partial charge in [-0.3, -0.25) is 4.79 Å². The van der Waals surface area contributed by atoms with Gasteiger partial charge in [0.05, 0.1) is 12.7 Å². The molecule has 1 unspecified atom stereocenters. The standard InChI is InChI=1S/C13H18N4O2/c1-3-13(18)17-7-8-19-11(10-17)9-16(2)12-5-4-6-14-15-12/h3-6,11H,1,7-10H2,2H3. The number of amides is 1. The van der Waals surface area contributed by atoms with Gasteiger partial charge in [0.15, 0.2) is 5.82 Å². The van der Waals surface area contributed by atoms with Crippen molar-refractivity contribution in [2.45, 2.75) is 6.10 Å². The van der Waals surface area contributed by atoms with Gasteiger partial charge in [-0.15, -0.1) is 5.10 Å². The summed E-state index contributed by atoms with van der Waals surface area (Å²) in [5.74, 6) is 0.744. The van der Waals surface area contributed by atoms with Crippen LogP contribution in [0.15, 0.2) is 31.0 Å². The van der Waals surface area contributed by atoms with E-state index in [0.29, 0.717) is 26.2 Å². The molecule has 1 amide bonds. The molecule has 0 radical (unpaired) electrons. The number of carbonyl (C=O) groups excluding carboxylic acids is 1. The maximum absolute atomic E-state index is 11.6. The molecule has 1 aliphatic heterocycles. The summed E-state index contributed by atoms with van der Waals surface area (Å²) < 4.78 is 5.68. The van der Waals surface area contributed by atoms with Crippen molar-refractivity contribution in [2.24, 2.45) is 0 Å². The molecule has 0 bridgehead atoms. The number of rotatable bonds is 4. The van der Waals surface area contributed by atoms with E-state index in [1.165, 1.54) is 6.08 Å². The lowest BCUT2D eigenvalue weighted by Crippen LogP contribution is -2.48. The maximum Gasteiger partial charge on any atom is 0.246 e. The molecule has 19 heavy (non-hydrogen) atoms. The topological polar surface area (TPSA) is 58.6 Å². The molecule has 2 rings (SSSR count). The zero-order valence-corrected chi connectivity index (χ0v) is 11.0. The van der Waals surface area contributed by atoms with E-state index in [1.807, 2.05) is 24.1 Å². The van der Waals surface area contributed by atoms with Gasteiger partial charge in [-0.2, -0.15) is 5.10 Å². The Morgan fingerprint density at radius 2 is 2.58 bits per heavy atom. The molecule has 1 aliphatic rings. The van der Waals surface area contributed by atoms with Crippen molar-refractivity contribution in [2.75, 3.05) is 38.2 Å². The van der Waals surface area contributed by atoms with Gasteiger partial charge in [0.25, 0.3) is 0 Å². The Labute approximate surface area is 112 Å². The molecule has 1 saturated heterocycles. The van der Waals surface area contributed by atoms with Gasteiger partial charge >= 0.3 is 0 Å². The quantitative estimate of drug-likeness (QED) is 0.732. The smallest absolute Gasteiger partial charge is 0.246 e. The second-order valence-electron chi connectivity index (χ2n) is 4.44. The average Bonchev–Trinajstić information content (AvgIpc) is 2.47. The fraction of sp³-hybridized carbons (Fsp3) is 0.462. The predicted octanol–water partition coefficient (Wildman–Crippen LogP) is 0.326. The third-order valence-corrected chi connectivity index (χ3v) is 3.05. The van der Waals surface area contributed by atoms with Gasteiger partial charge in [-0.05, 0) is 18.2 Å². The number of likely N-dealkylation sites (N-methyl/N-ethyl adjacent to an activating group) is 1. The summed E-state index contributed by atoms with van der Waals surface area (Å²) in [4.78, 5) is 15.3. The number of morpholine rings is 1. The molecule has 0 saturated carbocycles. The van der Waals surface area contributed by atoms with Gasteiger partial charge in [0.1, 0.15) is 0 Å². The molecule has 1 aromatic rings. The van der Waals surface area contributed by atoms with Crippen LogP contribution in [0.25, 0.3) is 0 Å². The van der Waals surface area contributed by atoms with Crippen LogP contribution in [0.5, 0.6) is 0 Å². The zero-order chi connectivity index (χ0) is 13.7. The Morgan fingerprint density at radius 3 is 3.26 bits per heavy atom. The molecule has 1 fully saturated rings. The van der Waals surface area contributed by atoms with Gasteiger partial charge in [0.2, 0.25) is 5.91 Å². The average molecular weight is 262 g/mol. The second kappa shape index (κ2) is 6.29. The molecular weight excluding hydrogens is 244 g/mol. The van der Waals surface area contributed by atoms with E-state index in [2.05, 4.69) is 16.8 Å². The molecule has 0 N–H and O–H groups in total.